The second-order valence-electron chi connectivity index (χ2n) is 5.45. The summed E-state index contributed by atoms with van der Waals surface area (Å²) in [5, 5.41) is 14.5. The number of nitrogens with one attached hydrogen (secondary N) is 2. The first kappa shape index (κ1) is 14.6. The van der Waals surface area contributed by atoms with E-state index in [1.165, 1.54) is 4.90 Å². The highest BCUT2D eigenvalue weighted by Crippen LogP contribution is 2.18. The lowest BCUT2D eigenvalue weighted by atomic mass is 9.99. The van der Waals surface area contributed by atoms with Gasteiger partial charge in [-0.05, 0) is 25.7 Å². The molecule has 0 radical (unpaired) electrons. The summed E-state index contributed by atoms with van der Waals surface area (Å²) in [6, 6.07) is 0.0480. The largest absolute Gasteiger partial charge is 0.481 e. The maximum Gasteiger partial charge on any atom is 0.317 e. The standard InChI is InChI=1S/C13H21N3O4/c17-11(15-10-3-4-10)5-6-14-13(20)16-7-1-2-9(8-16)12(18)19/h9-10H,1-8H2,(H,14,20)(H,15,17)(H,18,19)/t9-/m0/s1. The quantitative estimate of drug-likeness (QED) is 0.669. The number of rotatable bonds is 5. The number of piperidine rings is 1. The van der Waals surface area contributed by atoms with E-state index in [1.54, 1.807) is 0 Å². The van der Waals surface area contributed by atoms with Crippen LogP contribution in [0.3, 0.4) is 0 Å². The first-order chi connectivity index (χ1) is 9.56. The Hall–Kier alpha value is -1.79. The summed E-state index contributed by atoms with van der Waals surface area (Å²) in [5.74, 6) is -1.38. The van der Waals surface area contributed by atoms with Gasteiger partial charge in [-0.1, -0.05) is 0 Å². The molecule has 2 aliphatic rings. The number of aliphatic carboxylic acids is 1. The molecule has 2 fully saturated rings. The van der Waals surface area contributed by atoms with E-state index in [2.05, 4.69) is 10.6 Å². The molecule has 7 heteroatoms. The number of carboxylic acids is 1. The minimum atomic E-state index is -0.855. The molecule has 0 unspecified atom stereocenters. The summed E-state index contributed by atoms with van der Waals surface area (Å²) in [6.07, 6.45) is 3.67. The lowest BCUT2D eigenvalue weighted by Crippen LogP contribution is -2.47. The Labute approximate surface area is 117 Å². The van der Waals surface area contributed by atoms with Gasteiger partial charge in [-0.2, -0.15) is 0 Å². The third-order valence-corrected chi connectivity index (χ3v) is 3.63. The van der Waals surface area contributed by atoms with Crippen molar-refractivity contribution in [1.29, 1.82) is 0 Å². The van der Waals surface area contributed by atoms with Crippen LogP contribution < -0.4 is 10.6 Å². The summed E-state index contributed by atoms with van der Waals surface area (Å²) < 4.78 is 0. The molecular formula is C13H21N3O4. The van der Waals surface area contributed by atoms with E-state index in [-0.39, 0.29) is 31.4 Å². The number of nitrogens with zero attached hydrogens (tertiary/aromatic N) is 1. The van der Waals surface area contributed by atoms with Crippen LogP contribution in [-0.4, -0.2) is 53.6 Å². The zero-order chi connectivity index (χ0) is 14.5. The smallest absolute Gasteiger partial charge is 0.317 e. The number of amides is 3. The van der Waals surface area contributed by atoms with Crippen LogP contribution in [0.5, 0.6) is 0 Å². The zero-order valence-electron chi connectivity index (χ0n) is 11.4. The van der Waals surface area contributed by atoms with E-state index < -0.39 is 11.9 Å². The van der Waals surface area contributed by atoms with Gasteiger partial charge in [-0.15, -0.1) is 0 Å². The molecule has 20 heavy (non-hydrogen) atoms. The fraction of sp³-hybridized carbons (Fsp3) is 0.769. The van der Waals surface area contributed by atoms with Gasteiger partial charge in [0.1, 0.15) is 0 Å². The van der Waals surface area contributed by atoms with Gasteiger partial charge in [-0.3, -0.25) is 9.59 Å². The minimum Gasteiger partial charge on any atom is -0.481 e. The van der Waals surface area contributed by atoms with Crippen LogP contribution in [0.25, 0.3) is 0 Å². The highest BCUT2D eigenvalue weighted by Gasteiger charge is 2.28. The highest BCUT2D eigenvalue weighted by molar-refractivity contribution is 5.79. The van der Waals surface area contributed by atoms with Crippen molar-refractivity contribution in [2.24, 2.45) is 5.92 Å². The number of carboxylic acid groups (broad SMARTS) is 1. The first-order valence-corrected chi connectivity index (χ1v) is 7.11. The molecule has 1 aliphatic heterocycles. The van der Waals surface area contributed by atoms with Crippen molar-refractivity contribution in [3.63, 3.8) is 0 Å². The molecule has 0 aromatic rings. The van der Waals surface area contributed by atoms with Gasteiger partial charge in [0, 0.05) is 32.1 Å². The molecule has 112 valence electrons. The highest BCUT2D eigenvalue weighted by atomic mass is 16.4. The number of carbonyl (C=O) groups is 3. The molecule has 1 heterocycles. The van der Waals surface area contributed by atoms with Gasteiger partial charge >= 0.3 is 12.0 Å². The zero-order valence-corrected chi connectivity index (χ0v) is 11.4. The van der Waals surface area contributed by atoms with Gasteiger partial charge in [0.2, 0.25) is 5.91 Å². The van der Waals surface area contributed by atoms with Gasteiger partial charge < -0.3 is 20.6 Å². The number of urea groups is 1. The molecule has 0 aromatic heterocycles. The molecule has 1 atom stereocenters. The molecular weight excluding hydrogens is 262 g/mol. The number of carbonyl (C=O) groups excluding carboxylic acids is 2. The van der Waals surface area contributed by atoms with Crippen molar-refractivity contribution in [2.75, 3.05) is 19.6 Å². The summed E-state index contributed by atoms with van der Waals surface area (Å²) in [5.41, 5.74) is 0. The van der Waals surface area contributed by atoms with Crippen molar-refractivity contribution < 1.29 is 19.5 Å². The van der Waals surface area contributed by atoms with Crippen LogP contribution in [0.4, 0.5) is 4.79 Å². The third-order valence-electron chi connectivity index (χ3n) is 3.63. The van der Waals surface area contributed by atoms with Crippen molar-refractivity contribution in [2.45, 2.75) is 38.1 Å². The monoisotopic (exact) mass is 283 g/mol. The molecule has 2 rings (SSSR count). The van der Waals surface area contributed by atoms with Crippen molar-refractivity contribution >= 4 is 17.9 Å². The maximum absolute atomic E-state index is 11.9. The molecule has 7 nitrogen and oxygen atoms in total. The minimum absolute atomic E-state index is 0.0464. The molecule has 3 N–H and O–H groups in total. The van der Waals surface area contributed by atoms with Gasteiger partial charge in [0.15, 0.2) is 0 Å². The normalized spacial score (nSPS) is 22.2. The number of hydrogen-bond acceptors (Lipinski definition) is 3. The van der Waals surface area contributed by atoms with Crippen LogP contribution in [0.1, 0.15) is 32.1 Å². The molecule has 1 aliphatic carbocycles. The Kier molecular flexibility index (Phi) is 4.81. The van der Waals surface area contributed by atoms with Crippen LogP contribution in [0.15, 0.2) is 0 Å². The Morgan fingerprint density at radius 2 is 1.95 bits per heavy atom. The van der Waals surface area contributed by atoms with Crippen LogP contribution >= 0.6 is 0 Å². The Morgan fingerprint density at radius 1 is 1.20 bits per heavy atom. The predicted octanol–water partition coefficient (Wildman–Crippen LogP) is 0.161. The fourth-order valence-corrected chi connectivity index (χ4v) is 2.29. The van der Waals surface area contributed by atoms with Gasteiger partial charge in [-0.25, -0.2) is 4.79 Å². The van der Waals surface area contributed by atoms with Crippen LogP contribution in [0.2, 0.25) is 0 Å². The fourth-order valence-electron chi connectivity index (χ4n) is 2.29. The molecule has 1 saturated heterocycles. The van der Waals surface area contributed by atoms with Crippen LogP contribution in [-0.2, 0) is 9.59 Å². The molecule has 1 saturated carbocycles. The van der Waals surface area contributed by atoms with Gasteiger partial charge in [0.25, 0.3) is 0 Å². The second kappa shape index (κ2) is 6.58. The second-order valence-corrected chi connectivity index (χ2v) is 5.45. The number of hydrogen-bond donors (Lipinski definition) is 3. The average molecular weight is 283 g/mol. The lowest BCUT2D eigenvalue weighted by molar-refractivity contribution is -0.143. The number of likely N-dealkylation sites (tertiary alicyclic amines) is 1. The van der Waals surface area contributed by atoms with Crippen molar-refractivity contribution in [1.82, 2.24) is 15.5 Å². The van der Waals surface area contributed by atoms with E-state index in [0.29, 0.717) is 25.4 Å². The van der Waals surface area contributed by atoms with Crippen LogP contribution in [0, 0.1) is 5.92 Å². The van der Waals surface area contributed by atoms with E-state index in [0.717, 1.165) is 12.8 Å². The summed E-state index contributed by atoms with van der Waals surface area (Å²) >= 11 is 0. The van der Waals surface area contributed by atoms with Crippen molar-refractivity contribution in [3.05, 3.63) is 0 Å². The van der Waals surface area contributed by atoms with E-state index in [9.17, 15) is 14.4 Å². The topological polar surface area (TPSA) is 98.7 Å². The SMILES string of the molecule is O=C(CCNC(=O)N1CCC[C@H](C(=O)O)C1)NC1CC1. The van der Waals surface area contributed by atoms with E-state index >= 15 is 0 Å². The predicted molar refractivity (Wildman–Crippen MR) is 71.1 cm³/mol. The Bertz CT molecular complexity index is 395. The Balaban J connectivity index is 1.65. The lowest BCUT2D eigenvalue weighted by Gasteiger charge is -2.30. The van der Waals surface area contributed by atoms with Gasteiger partial charge in [0.05, 0.1) is 5.92 Å². The molecule has 0 spiro atoms. The van der Waals surface area contributed by atoms with Crippen molar-refractivity contribution in [3.8, 4) is 0 Å². The van der Waals surface area contributed by atoms with E-state index in [1.807, 2.05) is 0 Å². The Morgan fingerprint density at radius 3 is 2.60 bits per heavy atom. The molecule has 3 amide bonds. The first-order valence-electron chi connectivity index (χ1n) is 7.11. The maximum atomic E-state index is 11.9. The summed E-state index contributed by atoms with van der Waals surface area (Å²) in [6.45, 7) is 1.10. The summed E-state index contributed by atoms with van der Waals surface area (Å²) in [4.78, 5) is 35.7. The summed E-state index contributed by atoms with van der Waals surface area (Å²) in [7, 11) is 0. The average Bonchev–Trinajstić information content (AvgIpc) is 3.22. The third kappa shape index (κ3) is 4.40. The molecule has 0 aromatic carbocycles. The van der Waals surface area contributed by atoms with E-state index in [4.69, 9.17) is 5.11 Å². The molecule has 0 bridgehead atoms.